The van der Waals surface area contributed by atoms with Gasteiger partial charge in [-0.3, -0.25) is 4.90 Å². The highest BCUT2D eigenvalue weighted by molar-refractivity contribution is 5.49. The van der Waals surface area contributed by atoms with Crippen molar-refractivity contribution in [3.05, 3.63) is 65.2 Å². The monoisotopic (exact) mass is 366 g/mol. The van der Waals surface area contributed by atoms with Gasteiger partial charge < -0.3 is 14.7 Å². The van der Waals surface area contributed by atoms with Crippen LogP contribution in [0.4, 0.5) is 5.69 Å². The molecule has 0 aliphatic carbocycles. The summed E-state index contributed by atoms with van der Waals surface area (Å²) in [4.78, 5) is 5.01. The van der Waals surface area contributed by atoms with Crippen molar-refractivity contribution in [1.29, 1.82) is 0 Å². The van der Waals surface area contributed by atoms with Crippen molar-refractivity contribution in [3.63, 3.8) is 0 Å². The standard InChI is InChI=1S/C23H30N2O2/c26-18-20-6-4-19(5-7-20)14-22-8-9-24(17-22)16-21-2-1-3-23(15-21)25-10-12-27-13-11-25/h1-7,15,22,26H,8-14,16-18H2/t22-/m0/s1. The molecule has 4 nitrogen and oxygen atoms in total. The third kappa shape index (κ3) is 4.89. The highest BCUT2D eigenvalue weighted by atomic mass is 16.5. The first-order valence-electron chi connectivity index (χ1n) is 10.1. The highest BCUT2D eigenvalue weighted by Gasteiger charge is 2.23. The molecule has 2 saturated heterocycles. The molecule has 0 amide bonds. The molecule has 0 bridgehead atoms. The number of hydrogen-bond acceptors (Lipinski definition) is 4. The van der Waals surface area contributed by atoms with Crippen molar-refractivity contribution in [2.24, 2.45) is 5.92 Å². The van der Waals surface area contributed by atoms with Crippen LogP contribution in [0.25, 0.3) is 0 Å². The van der Waals surface area contributed by atoms with E-state index in [1.165, 1.54) is 36.3 Å². The van der Waals surface area contributed by atoms with Crippen LogP contribution in [-0.2, 0) is 24.3 Å². The van der Waals surface area contributed by atoms with Gasteiger partial charge in [0.2, 0.25) is 0 Å². The molecule has 1 atom stereocenters. The molecule has 4 rings (SSSR count). The molecular weight excluding hydrogens is 336 g/mol. The summed E-state index contributed by atoms with van der Waals surface area (Å²) in [5.74, 6) is 0.729. The van der Waals surface area contributed by atoms with Crippen LogP contribution in [0.1, 0.15) is 23.1 Å². The second-order valence-electron chi connectivity index (χ2n) is 7.84. The van der Waals surface area contributed by atoms with Crippen LogP contribution in [-0.4, -0.2) is 49.4 Å². The van der Waals surface area contributed by atoms with Crippen LogP contribution in [0.5, 0.6) is 0 Å². The molecule has 1 N–H and O–H groups in total. The molecule has 27 heavy (non-hydrogen) atoms. The molecule has 2 aromatic rings. The quantitative estimate of drug-likeness (QED) is 0.852. The second-order valence-corrected chi connectivity index (χ2v) is 7.84. The van der Waals surface area contributed by atoms with Gasteiger partial charge in [0.25, 0.3) is 0 Å². The van der Waals surface area contributed by atoms with Gasteiger partial charge in [0.05, 0.1) is 19.8 Å². The maximum atomic E-state index is 9.17. The number of ether oxygens (including phenoxy) is 1. The minimum absolute atomic E-state index is 0.126. The van der Waals surface area contributed by atoms with Crippen LogP contribution < -0.4 is 4.90 Å². The van der Waals surface area contributed by atoms with E-state index in [9.17, 15) is 5.11 Å². The molecule has 0 unspecified atom stereocenters. The van der Waals surface area contributed by atoms with Crippen molar-refractivity contribution in [2.75, 3.05) is 44.3 Å². The Hall–Kier alpha value is -1.88. The fraction of sp³-hybridized carbons (Fsp3) is 0.478. The molecule has 0 radical (unpaired) electrons. The summed E-state index contributed by atoms with van der Waals surface area (Å²) in [6, 6.07) is 17.4. The number of likely N-dealkylation sites (tertiary alicyclic amines) is 1. The van der Waals surface area contributed by atoms with E-state index in [-0.39, 0.29) is 6.61 Å². The summed E-state index contributed by atoms with van der Waals surface area (Å²) in [5, 5.41) is 9.17. The van der Waals surface area contributed by atoms with Gasteiger partial charge in [-0.05, 0) is 54.1 Å². The van der Waals surface area contributed by atoms with Gasteiger partial charge in [-0.15, -0.1) is 0 Å². The summed E-state index contributed by atoms with van der Waals surface area (Å²) in [5.41, 5.74) is 5.11. The Bertz CT molecular complexity index is 725. The van der Waals surface area contributed by atoms with E-state index in [1.54, 1.807) is 0 Å². The minimum Gasteiger partial charge on any atom is -0.392 e. The van der Waals surface area contributed by atoms with Gasteiger partial charge >= 0.3 is 0 Å². The van der Waals surface area contributed by atoms with Crippen molar-refractivity contribution < 1.29 is 9.84 Å². The lowest BCUT2D eigenvalue weighted by Crippen LogP contribution is -2.36. The van der Waals surface area contributed by atoms with Crippen molar-refractivity contribution >= 4 is 5.69 Å². The predicted octanol–water partition coefficient (Wildman–Crippen LogP) is 3.08. The smallest absolute Gasteiger partial charge is 0.0681 e. The van der Waals surface area contributed by atoms with Gasteiger partial charge in [-0.1, -0.05) is 36.4 Å². The van der Waals surface area contributed by atoms with Gasteiger partial charge in [-0.25, -0.2) is 0 Å². The number of aliphatic hydroxyl groups is 1. The van der Waals surface area contributed by atoms with E-state index >= 15 is 0 Å². The summed E-state index contributed by atoms with van der Waals surface area (Å²) < 4.78 is 5.47. The predicted molar refractivity (Wildman–Crippen MR) is 109 cm³/mol. The Morgan fingerprint density at radius 1 is 0.926 bits per heavy atom. The van der Waals surface area contributed by atoms with Gasteiger partial charge in [0.15, 0.2) is 0 Å². The number of morpholine rings is 1. The third-order valence-electron chi connectivity index (χ3n) is 5.79. The average molecular weight is 367 g/mol. The van der Waals surface area contributed by atoms with Crippen molar-refractivity contribution in [1.82, 2.24) is 4.90 Å². The summed E-state index contributed by atoms with van der Waals surface area (Å²) >= 11 is 0. The summed E-state index contributed by atoms with van der Waals surface area (Å²) in [6.07, 6.45) is 2.40. The highest BCUT2D eigenvalue weighted by Crippen LogP contribution is 2.24. The molecule has 0 saturated carbocycles. The SMILES string of the molecule is OCc1ccc(C[C@@H]2CCN(Cc3cccc(N4CCOCC4)c3)C2)cc1. The van der Waals surface area contributed by atoms with E-state index in [2.05, 4.69) is 46.2 Å². The van der Waals surface area contributed by atoms with Crippen LogP contribution in [0, 0.1) is 5.92 Å². The lowest BCUT2D eigenvalue weighted by Gasteiger charge is -2.29. The van der Waals surface area contributed by atoms with Gasteiger partial charge in [0.1, 0.15) is 0 Å². The van der Waals surface area contributed by atoms with E-state index in [4.69, 9.17) is 4.74 Å². The number of hydrogen-bond donors (Lipinski definition) is 1. The normalized spacial score (nSPS) is 20.9. The van der Waals surface area contributed by atoms with Crippen LogP contribution in [0.3, 0.4) is 0 Å². The van der Waals surface area contributed by atoms with E-state index < -0.39 is 0 Å². The number of rotatable bonds is 6. The van der Waals surface area contributed by atoms with Crippen LogP contribution in [0.2, 0.25) is 0 Å². The van der Waals surface area contributed by atoms with Gasteiger partial charge in [-0.2, -0.15) is 0 Å². The number of aliphatic hydroxyl groups excluding tert-OH is 1. The molecule has 2 fully saturated rings. The number of nitrogens with zero attached hydrogens (tertiary/aromatic N) is 2. The zero-order valence-corrected chi connectivity index (χ0v) is 16.0. The molecular formula is C23H30N2O2. The van der Waals surface area contributed by atoms with Crippen LogP contribution >= 0.6 is 0 Å². The maximum Gasteiger partial charge on any atom is 0.0681 e. The number of benzene rings is 2. The second kappa shape index (κ2) is 8.87. The molecule has 0 spiro atoms. The molecule has 2 aliphatic heterocycles. The Morgan fingerprint density at radius 3 is 2.48 bits per heavy atom. The molecule has 2 heterocycles. The molecule has 4 heteroatoms. The fourth-order valence-electron chi connectivity index (χ4n) is 4.27. The van der Waals surface area contributed by atoms with E-state index in [1.807, 2.05) is 12.1 Å². The first kappa shape index (κ1) is 18.5. The van der Waals surface area contributed by atoms with Crippen molar-refractivity contribution in [3.8, 4) is 0 Å². The average Bonchev–Trinajstić information content (AvgIpc) is 3.16. The minimum atomic E-state index is 0.126. The Balaban J connectivity index is 1.31. The Kier molecular flexibility index (Phi) is 6.07. The summed E-state index contributed by atoms with van der Waals surface area (Å²) in [7, 11) is 0. The molecule has 0 aromatic heterocycles. The lowest BCUT2D eigenvalue weighted by molar-refractivity contribution is 0.122. The lowest BCUT2D eigenvalue weighted by atomic mass is 9.98. The zero-order valence-electron chi connectivity index (χ0n) is 16.0. The van der Waals surface area contributed by atoms with Gasteiger partial charge in [0, 0.05) is 31.9 Å². The first-order chi connectivity index (χ1) is 13.3. The Morgan fingerprint density at radius 2 is 1.70 bits per heavy atom. The molecule has 144 valence electrons. The Labute approximate surface area is 162 Å². The van der Waals surface area contributed by atoms with E-state index in [0.29, 0.717) is 0 Å². The maximum absolute atomic E-state index is 9.17. The third-order valence-corrected chi connectivity index (χ3v) is 5.79. The molecule has 2 aromatic carbocycles. The van der Waals surface area contributed by atoms with Crippen LogP contribution in [0.15, 0.2) is 48.5 Å². The zero-order chi connectivity index (χ0) is 18.5. The van der Waals surface area contributed by atoms with E-state index in [0.717, 1.165) is 50.8 Å². The number of anilines is 1. The fourth-order valence-corrected chi connectivity index (χ4v) is 4.27. The summed E-state index contributed by atoms with van der Waals surface area (Å²) in [6.45, 7) is 7.16. The van der Waals surface area contributed by atoms with Crippen molar-refractivity contribution in [2.45, 2.75) is 26.0 Å². The first-order valence-corrected chi connectivity index (χ1v) is 10.1. The topological polar surface area (TPSA) is 35.9 Å². The molecule has 2 aliphatic rings. The largest absolute Gasteiger partial charge is 0.392 e.